The molecule has 2 atom stereocenters. The second-order valence-electron chi connectivity index (χ2n) is 6.07. The molecule has 5 heteroatoms. The molecule has 24 heavy (non-hydrogen) atoms. The minimum atomic E-state index is -0.518. The molecule has 2 unspecified atom stereocenters. The van der Waals surface area contributed by atoms with E-state index < -0.39 is 5.91 Å². The van der Waals surface area contributed by atoms with Crippen molar-refractivity contribution in [1.82, 2.24) is 0 Å². The second kappa shape index (κ2) is 6.77. The Morgan fingerprint density at radius 1 is 1.21 bits per heavy atom. The summed E-state index contributed by atoms with van der Waals surface area (Å²) in [6.07, 6.45) is 0.633. The van der Waals surface area contributed by atoms with Crippen LogP contribution in [-0.2, 0) is 9.59 Å². The predicted octanol–water partition coefficient (Wildman–Crippen LogP) is 3.11. The summed E-state index contributed by atoms with van der Waals surface area (Å²) in [5.41, 5.74) is 9.36. The monoisotopic (exact) mass is 386 g/mol. The number of nitrogens with zero attached hydrogens (tertiary/aromatic N) is 1. The molecule has 0 saturated heterocycles. The first-order valence-electron chi connectivity index (χ1n) is 7.87. The quantitative estimate of drug-likeness (QED) is 0.823. The first-order chi connectivity index (χ1) is 11.5. The smallest absolute Gasteiger partial charge is 0.241 e. The Bertz CT molecular complexity index is 776. The van der Waals surface area contributed by atoms with Crippen LogP contribution < -0.4 is 10.6 Å². The molecule has 4 nitrogen and oxygen atoms in total. The van der Waals surface area contributed by atoms with Crippen molar-refractivity contribution < 1.29 is 9.59 Å². The van der Waals surface area contributed by atoms with Crippen molar-refractivity contribution in [3.8, 4) is 0 Å². The highest BCUT2D eigenvalue weighted by molar-refractivity contribution is 9.10. The first-order valence-corrected chi connectivity index (χ1v) is 8.79. The van der Waals surface area contributed by atoms with Crippen LogP contribution in [-0.4, -0.2) is 23.2 Å². The van der Waals surface area contributed by atoms with Gasteiger partial charge in [0.25, 0.3) is 0 Å². The number of carbonyl (C=O) groups is 2. The number of hydrogen-bond acceptors (Lipinski definition) is 2. The number of primary amides is 1. The Morgan fingerprint density at radius 3 is 2.58 bits per heavy atom. The number of nitrogens with two attached hydrogens (primary N) is 1. The van der Waals surface area contributed by atoms with Crippen molar-refractivity contribution in [3.05, 3.63) is 65.2 Å². The number of fused-ring (bicyclic) bond motifs is 1. The van der Waals surface area contributed by atoms with Crippen molar-refractivity contribution in [1.29, 1.82) is 0 Å². The average molecular weight is 387 g/mol. The zero-order chi connectivity index (χ0) is 17.3. The number of aryl methyl sites for hydroxylation is 1. The van der Waals surface area contributed by atoms with Gasteiger partial charge in [-0.3, -0.25) is 9.59 Å². The molecule has 2 aromatic rings. The fourth-order valence-corrected chi connectivity index (χ4v) is 3.98. The standard InChI is InChI=1S/C19H19BrN2O2/c1-12-6-5-9-14-15(13-7-3-2-4-8-13)10-16(20)19(24)22(18(12)14)11-17(21)23/h2-9,15-16H,10-11H2,1H3,(H2,21,23). The summed E-state index contributed by atoms with van der Waals surface area (Å²) in [6, 6.07) is 16.1. The topological polar surface area (TPSA) is 63.4 Å². The van der Waals surface area contributed by atoms with Gasteiger partial charge in [0.15, 0.2) is 0 Å². The van der Waals surface area contributed by atoms with E-state index in [1.807, 2.05) is 43.3 Å². The van der Waals surface area contributed by atoms with Gasteiger partial charge in [0, 0.05) is 5.92 Å². The molecule has 2 aromatic carbocycles. The maximum Gasteiger partial charge on any atom is 0.241 e. The van der Waals surface area contributed by atoms with Crippen LogP contribution in [0.25, 0.3) is 0 Å². The number of halogens is 1. The molecule has 2 amide bonds. The molecule has 1 aliphatic rings. The fraction of sp³-hybridized carbons (Fsp3) is 0.263. The van der Waals surface area contributed by atoms with E-state index in [0.717, 1.165) is 22.4 Å². The Morgan fingerprint density at radius 2 is 1.92 bits per heavy atom. The number of carbonyl (C=O) groups excluding carboxylic acids is 2. The lowest BCUT2D eigenvalue weighted by Gasteiger charge is -2.25. The van der Waals surface area contributed by atoms with Gasteiger partial charge >= 0.3 is 0 Å². The summed E-state index contributed by atoms with van der Waals surface area (Å²) < 4.78 is 0. The molecule has 0 bridgehead atoms. The molecule has 0 radical (unpaired) electrons. The lowest BCUT2D eigenvalue weighted by atomic mass is 9.86. The largest absolute Gasteiger partial charge is 0.368 e. The third kappa shape index (κ3) is 3.08. The number of alkyl halides is 1. The van der Waals surface area contributed by atoms with Gasteiger partial charge in [-0.2, -0.15) is 0 Å². The van der Waals surface area contributed by atoms with Crippen LogP contribution in [0, 0.1) is 6.92 Å². The lowest BCUT2D eigenvalue weighted by molar-refractivity contribution is -0.122. The molecule has 0 spiro atoms. The van der Waals surface area contributed by atoms with Crippen LogP contribution in [0.5, 0.6) is 0 Å². The summed E-state index contributed by atoms with van der Waals surface area (Å²) in [4.78, 5) is 25.5. The summed E-state index contributed by atoms with van der Waals surface area (Å²) in [6.45, 7) is 1.84. The van der Waals surface area contributed by atoms with E-state index in [1.165, 1.54) is 4.90 Å². The highest BCUT2D eigenvalue weighted by Crippen LogP contribution is 2.42. The number of hydrogen-bond donors (Lipinski definition) is 1. The molecule has 0 saturated carbocycles. The van der Waals surface area contributed by atoms with Crippen LogP contribution >= 0.6 is 15.9 Å². The van der Waals surface area contributed by atoms with Crippen molar-refractivity contribution in [2.24, 2.45) is 5.73 Å². The average Bonchev–Trinajstić information content (AvgIpc) is 2.66. The number of rotatable bonds is 3. The van der Waals surface area contributed by atoms with Crippen molar-refractivity contribution in [2.75, 3.05) is 11.4 Å². The van der Waals surface area contributed by atoms with Gasteiger partial charge in [-0.25, -0.2) is 0 Å². The lowest BCUT2D eigenvalue weighted by Crippen LogP contribution is -2.42. The number of para-hydroxylation sites is 1. The van der Waals surface area contributed by atoms with Crippen LogP contribution in [0.2, 0.25) is 0 Å². The molecule has 1 heterocycles. The van der Waals surface area contributed by atoms with Crippen LogP contribution in [0.1, 0.15) is 29.0 Å². The van der Waals surface area contributed by atoms with Gasteiger partial charge < -0.3 is 10.6 Å². The zero-order valence-corrected chi connectivity index (χ0v) is 15.0. The summed E-state index contributed by atoms with van der Waals surface area (Å²) in [7, 11) is 0. The minimum Gasteiger partial charge on any atom is -0.368 e. The minimum absolute atomic E-state index is 0.0762. The molecular weight excluding hydrogens is 368 g/mol. The Kier molecular flexibility index (Phi) is 4.71. The van der Waals surface area contributed by atoms with Crippen LogP contribution in [0.15, 0.2) is 48.5 Å². The molecule has 3 rings (SSSR count). The van der Waals surface area contributed by atoms with Gasteiger partial charge in [-0.1, -0.05) is 64.5 Å². The fourth-order valence-electron chi connectivity index (χ4n) is 3.36. The number of anilines is 1. The Balaban J connectivity index is 2.20. The van der Waals surface area contributed by atoms with E-state index in [2.05, 4.69) is 28.1 Å². The van der Waals surface area contributed by atoms with Crippen molar-refractivity contribution in [2.45, 2.75) is 24.1 Å². The van der Waals surface area contributed by atoms with Gasteiger partial charge in [0.05, 0.1) is 10.5 Å². The van der Waals surface area contributed by atoms with E-state index in [9.17, 15) is 9.59 Å². The zero-order valence-electron chi connectivity index (χ0n) is 13.4. The van der Waals surface area contributed by atoms with Crippen molar-refractivity contribution in [3.63, 3.8) is 0 Å². The maximum atomic E-state index is 12.8. The SMILES string of the molecule is Cc1cccc2c1N(CC(N)=O)C(=O)C(Br)CC2c1ccccc1. The molecule has 0 aromatic heterocycles. The number of amides is 2. The van der Waals surface area contributed by atoms with E-state index in [0.29, 0.717) is 6.42 Å². The van der Waals surface area contributed by atoms with Crippen molar-refractivity contribution >= 4 is 33.4 Å². The Labute approximate surface area is 149 Å². The van der Waals surface area contributed by atoms with E-state index in [-0.39, 0.29) is 23.2 Å². The first kappa shape index (κ1) is 16.7. The summed E-state index contributed by atoms with van der Waals surface area (Å²) in [5, 5.41) is 0. The van der Waals surface area contributed by atoms with Gasteiger partial charge in [-0.05, 0) is 30.0 Å². The molecular formula is C19H19BrN2O2. The third-order valence-electron chi connectivity index (χ3n) is 4.41. The number of benzene rings is 2. The van der Waals surface area contributed by atoms with E-state index >= 15 is 0 Å². The predicted molar refractivity (Wildman–Crippen MR) is 98.3 cm³/mol. The Hall–Kier alpha value is -2.14. The van der Waals surface area contributed by atoms with Gasteiger partial charge in [0.2, 0.25) is 11.8 Å². The van der Waals surface area contributed by atoms with Gasteiger partial charge in [-0.15, -0.1) is 0 Å². The van der Waals surface area contributed by atoms with E-state index in [1.54, 1.807) is 0 Å². The second-order valence-corrected chi connectivity index (χ2v) is 7.18. The summed E-state index contributed by atoms with van der Waals surface area (Å²) in [5.74, 6) is -0.564. The molecule has 2 N–H and O–H groups in total. The highest BCUT2D eigenvalue weighted by atomic mass is 79.9. The molecule has 124 valence electrons. The third-order valence-corrected chi connectivity index (χ3v) is 5.17. The molecule has 0 fully saturated rings. The van der Waals surface area contributed by atoms with Gasteiger partial charge in [0.1, 0.15) is 6.54 Å². The highest BCUT2D eigenvalue weighted by Gasteiger charge is 2.35. The summed E-state index contributed by atoms with van der Waals surface area (Å²) >= 11 is 3.51. The van der Waals surface area contributed by atoms with Crippen LogP contribution in [0.4, 0.5) is 5.69 Å². The maximum absolute atomic E-state index is 12.8. The normalized spacial score (nSPS) is 20.4. The van der Waals surface area contributed by atoms with E-state index in [4.69, 9.17) is 5.73 Å². The molecule has 0 aliphatic carbocycles. The molecule has 1 aliphatic heterocycles. The van der Waals surface area contributed by atoms with Crippen LogP contribution in [0.3, 0.4) is 0 Å².